The van der Waals surface area contributed by atoms with E-state index in [0.29, 0.717) is 89.0 Å². The fourth-order valence-electron chi connectivity index (χ4n) is 14.2. The van der Waals surface area contributed by atoms with Crippen LogP contribution in [0.1, 0.15) is 312 Å². The van der Waals surface area contributed by atoms with Crippen LogP contribution in [-0.2, 0) is 81.8 Å². The molecule has 96 heavy (non-hydrogen) atoms. The molecule has 8 nitrogen and oxygen atoms in total. The van der Waals surface area contributed by atoms with Gasteiger partial charge in [-0.3, -0.25) is 0 Å². The molecule has 16 bridgehead atoms. The summed E-state index contributed by atoms with van der Waals surface area (Å²) in [5.41, 5.74) is 12.3. The third kappa shape index (κ3) is 13.9. The Morgan fingerprint density at radius 3 is 0.396 bits per heavy atom. The molecule has 0 saturated heterocycles. The maximum absolute atomic E-state index is 14.1. The Morgan fingerprint density at radius 2 is 0.281 bits per heavy atom. The van der Waals surface area contributed by atoms with Gasteiger partial charge in [-0.1, -0.05) is 263 Å². The van der Waals surface area contributed by atoms with Crippen LogP contribution in [0.15, 0.2) is 97.1 Å². The Kier molecular flexibility index (Phi) is 17.7. The van der Waals surface area contributed by atoms with Gasteiger partial charge >= 0.3 is 0 Å². The topological polar surface area (TPSA) is 162 Å². The predicted octanol–water partition coefficient (Wildman–Crippen LogP) is 20.8. The van der Waals surface area contributed by atoms with Crippen LogP contribution in [0.25, 0.3) is 0 Å². The lowest BCUT2D eigenvalue weighted by molar-refractivity contribution is 0.422. The number of aromatic hydroxyl groups is 8. The SMILES string of the molecule is CC(C)(C)c1cc2c(O)c(c1)Cc1cc(C(C)(C)C)cc(c1O)C(C1c3cc(C(C)(C)C)cc(c3O)Cc3cc(C(C)(C)C)cc(c3O)Cc3cc(C(C)(C)C)cc(c3O)Cc3cc(C(C)(C)C)cc1c3O)c1cc(C(C)(C)C)cc(c1O)Cc1cc(C(C)(C)C)cc(c1O)C2. The first kappa shape index (κ1) is 70.9. The molecular formula is C88H110O8. The van der Waals surface area contributed by atoms with Crippen molar-refractivity contribution in [2.24, 2.45) is 0 Å². The van der Waals surface area contributed by atoms with E-state index in [9.17, 15) is 40.9 Å². The van der Waals surface area contributed by atoms with Crippen molar-refractivity contribution in [2.75, 3.05) is 0 Å². The fraction of sp³-hybridized carbons (Fsp3) is 0.455. The van der Waals surface area contributed by atoms with E-state index in [0.717, 1.165) is 44.5 Å². The first-order valence-corrected chi connectivity index (χ1v) is 34.8. The number of benzene rings is 8. The van der Waals surface area contributed by atoms with Gasteiger partial charge in [-0.15, -0.1) is 0 Å². The standard InChI is InChI=1S/C88H110O8/c1-81(2,3)59-31-47-25-48-32-60(82(4,5)6)36-52(74(48)90)28-56-40-64(86(16,17)18)44-68(78(56)94)71(67-43-63(85(13,14)15)39-55(77(67)93)27-51(35-59)73(47)89)72-69-45-65(87(19,20)21)41-57(79(69)95)29-53-37-61(83(7,8)9)33-49(75(53)91)26-50-34-62(84(10,11)12)38-54(76(50)92)30-58-42-66(88(22,23)24)46-70(72)80(58)96/h31-46,71-72,89-96H,25-30H2,1-24H3. The smallest absolute Gasteiger partial charge is 0.122 e. The number of hydrogen-bond donors (Lipinski definition) is 8. The molecule has 510 valence electrons. The van der Waals surface area contributed by atoms with Gasteiger partial charge in [0.2, 0.25) is 0 Å². The molecule has 8 aromatic rings. The molecule has 8 N–H and O–H groups in total. The Labute approximate surface area is 574 Å². The van der Waals surface area contributed by atoms with Crippen molar-refractivity contribution >= 4 is 0 Å². The van der Waals surface area contributed by atoms with Gasteiger partial charge in [0, 0.05) is 72.6 Å². The van der Waals surface area contributed by atoms with Crippen LogP contribution in [0.4, 0.5) is 0 Å². The lowest BCUT2D eigenvalue weighted by Crippen LogP contribution is -2.22. The van der Waals surface area contributed by atoms with E-state index in [-0.39, 0.29) is 106 Å². The van der Waals surface area contributed by atoms with Crippen LogP contribution in [0.5, 0.6) is 46.0 Å². The zero-order chi connectivity index (χ0) is 71.2. The summed E-state index contributed by atoms with van der Waals surface area (Å²) in [5.74, 6) is -2.31. The summed E-state index contributed by atoms with van der Waals surface area (Å²) in [6.45, 7) is 51.4. The van der Waals surface area contributed by atoms with Gasteiger partial charge in [0.1, 0.15) is 46.0 Å². The minimum absolute atomic E-state index is 0.0661. The van der Waals surface area contributed by atoms with Gasteiger partial charge in [-0.05, 0) is 155 Å². The average Bonchev–Trinajstić information content (AvgIpc) is 0.728. The molecule has 0 amide bonds. The second-order valence-electron chi connectivity index (χ2n) is 36.9. The predicted molar refractivity (Wildman–Crippen MR) is 395 cm³/mol. The van der Waals surface area contributed by atoms with Gasteiger partial charge in [0.05, 0.1) is 0 Å². The van der Waals surface area contributed by atoms with Crippen molar-refractivity contribution < 1.29 is 40.9 Å². The average molecular weight is 1300 g/mol. The van der Waals surface area contributed by atoms with E-state index in [4.69, 9.17) is 0 Å². The molecule has 0 spiro atoms. The number of hydrogen-bond acceptors (Lipinski definition) is 8. The molecule has 0 fully saturated rings. The molecule has 10 rings (SSSR count). The molecule has 0 unspecified atom stereocenters. The van der Waals surface area contributed by atoms with Gasteiger partial charge in [-0.2, -0.15) is 0 Å². The maximum Gasteiger partial charge on any atom is 0.122 e. The van der Waals surface area contributed by atoms with Crippen molar-refractivity contribution in [2.45, 2.75) is 260 Å². The molecular weight excluding hydrogens is 1180 g/mol. The second-order valence-corrected chi connectivity index (χ2v) is 36.9. The molecule has 8 aromatic carbocycles. The summed E-state index contributed by atoms with van der Waals surface area (Å²) in [4.78, 5) is 0. The lowest BCUT2D eigenvalue weighted by Gasteiger charge is -2.36. The zero-order valence-electron chi connectivity index (χ0n) is 62.2. The number of fused-ring (bicyclic) bond motifs is 16. The third-order valence-electron chi connectivity index (χ3n) is 20.8. The van der Waals surface area contributed by atoms with Crippen LogP contribution in [0.2, 0.25) is 0 Å². The molecule has 2 aliphatic carbocycles. The summed E-state index contributed by atoms with van der Waals surface area (Å²) < 4.78 is 0. The van der Waals surface area contributed by atoms with E-state index in [1.165, 1.54) is 0 Å². The Balaban J connectivity index is 1.48. The first-order chi connectivity index (χ1) is 43.9. The summed E-state index contributed by atoms with van der Waals surface area (Å²) >= 11 is 0. The van der Waals surface area contributed by atoms with Gasteiger partial charge < -0.3 is 40.9 Å². The van der Waals surface area contributed by atoms with Crippen LogP contribution in [0, 0.1) is 0 Å². The van der Waals surface area contributed by atoms with Crippen LogP contribution in [-0.4, -0.2) is 40.9 Å². The summed E-state index contributed by atoms with van der Waals surface area (Å²) in [6, 6.07) is 32.6. The number of phenolic OH excluding ortho intramolecular Hbond substituents is 8. The molecule has 2 aliphatic rings. The molecule has 0 aliphatic heterocycles. The maximum atomic E-state index is 14.1. The molecule has 8 heteroatoms. The highest BCUT2D eigenvalue weighted by Gasteiger charge is 2.42. The minimum Gasteiger partial charge on any atom is -0.507 e. The van der Waals surface area contributed by atoms with Crippen molar-refractivity contribution in [3.05, 3.63) is 231 Å². The van der Waals surface area contributed by atoms with Crippen molar-refractivity contribution in [1.82, 2.24) is 0 Å². The van der Waals surface area contributed by atoms with E-state index in [1.807, 2.05) is 97.1 Å². The monoisotopic (exact) mass is 1290 g/mol. The van der Waals surface area contributed by atoms with Crippen LogP contribution >= 0.6 is 0 Å². The summed E-state index contributed by atoms with van der Waals surface area (Å²) in [7, 11) is 0. The van der Waals surface area contributed by atoms with Crippen LogP contribution in [0.3, 0.4) is 0 Å². The van der Waals surface area contributed by atoms with Gasteiger partial charge in [0.15, 0.2) is 0 Å². The zero-order valence-corrected chi connectivity index (χ0v) is 62.2. The molecule has 0 saturated carbocycles. The highest BCUT2D eigenvalue weighted by molar-refractivity contribution is 5.67. The molecule has 0 atom stereocenters. The third-order valence-corrected chi connectivity index (χ3v) is 20.8. The van der Waals surface area contributed by atoms with Crippen molar-refractivity contribution in [3.63, 3.8) is 0 Å². The van der Waals surface area contributed by atoms with Crippen LogP contribution < -0.4 is 0 Å². The quantitative estimate of drug-likeness (QED) is 0.0806. The first-order valence-electron chi connectivity index (χ1n) is 34.8. The number of phenols is 8. The Morgan fingerprint density at radius 1 is 0.177 bits per heavy atom. The van der Waals surface area contributed by atoms with Gasteiger partial charge in [-0.25, -0.2) is 0 Å². The Hall–Kier alpha value is -7.84. The largest absolute Gasteiger partial charge is 0.507 e. The van der Waals surface area contributed by atoms with E-state index in [1.54, 1.807) is 0 Å². The summed E-state index contributed by atoms with van der Waals surface area (Å²) in [6.07, 6.45) is 0.759. The molecule has 0 radical (unpaired) electrons. The van der Waals surface area contributed by atoms with E-state index in [2.05, 4.69) is 166 Å². The second kappa shape index (κ2) is 24.0. The van der Waals surface area contributed by atoms with Crippen molar-refractivity contribution in [1.29, 1.82) is 0 Å². The normalized spacial score (nSPS) is 14.9. The van der Waals surface area contributed by atoms with E-state index < -0.39 is 33.5 Å². The highest BCUT2D eigenvalue weighted by atomic mass is 16.3. The lowest BCUT2D eigenvalue weighted by atomic mass is 9.67. The van der Waals surface area contributed by atoms with Gasteiger partial charge in [0.25, 0.3) is 0 Å². The summed E-state index contributed by atoms with van der Waals surface area (Å²) in [5, 5.41) is 108. The fourth-order valence-corrected chi connectivity index (χ4v) is 14.2. The highest BCUT2D eigenvalue weighted by Crippen LogP contribution is 2.57. The van der Waals surface area contributed by atoms with Crippen molar-refractivity contribution in [3.8, 4) is 46.0 Å². The number of rotatable bonds is 1. The van der Waals surface area contributed by atoms with E-state index >= 15 is 0 Å². The molecule has 0 heterocycles. The Bertz CT molecular complexity index is 3840. The minimum atomic E-state index is -1.15. The molecule has 0 aromatic heterocycles.